The third kappa shape index (κ3) is 2.60. The van der Waals surface area contributed by atoms with Gasteiger partial charge in [-0.25, -0.2) is 13.2 Å². The summed E-state index contributed by atoms with van der Waals surface area (Å²) in [5.41, 5.74) is 4.85. The number of hydrogen-bond acceptors (Lipinski definition) is 2. The molecular weight excluding hydrogens is 219 g/mol. The van der Waals surface area contributed by atoms with Crippen molar-refractivity contribution in [1.29, 1.82) is 0 Å². The molecule has 14 heavy (non-hydrogen) atoms. The van der Waals surface area contributed by atoms with Crippen molar-refractivity contribution in [2.45, 2.75) is 6.04 Å². The van der Waals surface area contributed by atoms with Crippen molar-refractivity contribution < 1.29 is 18.3 Å². The van der Waals surface area contributed by atoms with Gasteiger partial charge in [0.1, 0.15) is 5.82 Å². The van der Waals surface area contributed by atoms with Crippen LogP contribution in [0, 0.1) is 17.5 Å². The molecule has 0 aliphatic rings. The Balaban J connectivity index is 0.00000169. The number of halogens is 4. The summed E-state index contributed by atoms with van der Waals surface area (Å²) in [5.74, 6) is -3.44. The summed E-state index contributed by atoms with van der Waals surface area (Å²) in [4.78, 5) is 0. The standard InChI is InChI=1S/C8H8F3NO.ClH/c9-4-1-5(7(12)3-13)8(11)6(10)2-4;/h1-2,7,13H,3,12H2;1H/t7-;/m1./s1. The van der Waals surface area contributed by atoms with Crippen LogP contribution in [0.25, 0.3) is 0 Å². The molecule has 0 heterocycles. The van der Waals surface area contributed by atoms with E-state index in [0.29, 0.717) is 6.07 Å². The van der Waals surface area contributed by atoms with E-state index in [1.807, 2.05) is 0 Å². The highest BCUT2D eigenvalue weighted by molar-refractivity contribution is 5.85. The molecule has 0 bridgehead atoms. The van der Waals surface area contributed by atoms with Crippen LogP contribution in [0.4, 0.5) is 13.2 Å². The second kappa shape index (κ2) is 5.19. The van der Waals surface area contributed by atoms with Crippen molar-refractivity contribution in [2.24, 2.45) is 5.73 Å². The normalized spacial score (nSPS) is 12.1. The molecule has 1 atom stereocenters. The zero-order chi connectivity index (χ0) is 10.0. The summed E-state index contributed by atoms with van der Waals surface area (Å²) in [7, 11) is 0. The fourth-order valence-corrected chi connectivity index (χ4v) is 0.944. The van der Waals surface area contributed by atoms with Gasteiger partial charge in [0.2, 0.25) is 0 Å². The summed E-state index contributed by atoms with van der Waals surface area (Å²) in [5, 5.41) is 8.56. The summed E-state index contributed by atoms with van der Waals surface area (Å²) in [6.07, 6.45) is 0. The van der Waals surface area contributed by atoms with Gasteiger partial charge in [-0.2, -0.15) is 0 Å². The van der Waals surface area contributed by atoms with Crippen LogP contribution >= 0.6 is 12.4 Å². The molecule has 0 aliphatic carbocycles. The van der Waals surface area contributed by atoms with Crippen LogP contribution < -0.4 is 5.73 Å². The van der Waals surface area contributed by atoms with Gasteiger partial charge in [-0.3, -0.25) is 0 Å². The van der Waals surface area contributed by atoms with E-state index < -0.39 is 30.1 Å². The molecule has 0 fully saturated rings. The van der Waals surface area contributed by atoms with E-state index in [0.717, 1.165) is 6.07 Å². The molecule has 0 radical (unpaired) electrons. The Kier molecular flexibility index (Phi) is 4.90. The lowest BCUT2D eigenvalue weighted by atomic mass is 10.1. The zero-order valence-electron chi connectivity index (χ0n) is 7.01. The Morgan fingerprint density at radius 1 is 1.29 bits per heavy atom. The largest absolute Gasteiger partial charge is 0.394 e. The fraction of sp³-hybridized carbons (Fsp3) is 0.250. The Bertz CT molecular complexity index is 322. The molecular formula is C8H9ClF3NO. The average molecular weight is 228 g/mol. The molecule has 0 saturated carbocycles. The molecule has 6 heteroatoms. The van der Waals surface area contributed by atoms with E-state index in [4.69, 9.17) is 10.8 Å². The first-order valence-corrected chi connectivity index (χ1v) is 3.57. The molecule has 0 aromatic heterocycles. The summed E-state index contributed by atoms with van der Waals surface area (Å²) >= 11 is 0. The van der Waals surface area contributed by atoms with Gasteiger partial charge in [-0.1, -0.05) is 0 Å². The predicted octanol–water partition coefficient (Wildman–Crippen LogP) is 1.52. The second-order valence-corrected chi connectivity index (χ2v) is 2.58. The molecule has 0 amide bonds. The highest BCUT2D eigenvalue weighted by atomic mass is 35.5. The van der Waals surface area contributed by atoms with Gasteiger partial charge in [0, 0.05) is 11.6 Å². The third-order valence-electron chi connectivity index (χ3n) is 1.62. The Morgan fingerprint density at radius 3 is 2.36 bits per heavy atom. The van der Waals surface area contributed by atoms with Crippen molar-refractivity contribution in [3.63, 3.8) is 0 Å². The maximum absolute atomic E-state index is 12.9. The van der Waals surface area contributed by atoms with Crippen LogP contribution in [0.5, 0.6) is 0 Å². The van der Waals surface area contributed by atoms with Gasteiger partial charge >= 0.3 is 0 Å². The van der Waals surface area contributed by atoms with Gasteiger partial charge in [0.05, 0.1) is 12.6 Å². The van der Waals surface area contributed by atoms with E-state index in [9.17, 15) is 13.2 Å². The van der Waals surface area contributed by atoms with Crippen LogP contribution in [0.1, 0.15) is 11.6 Å². The Labute approximate surface area is 84.9 Å². The average Bonchev–Trinajstić information content (AvgIpc) is 2.10. The first kappa shape index (κ1) is 13.2. The van der Waals surface area contributed by atoms with Gasteiger partial charge in [0.15, 0.2) is 11.6 Å². The summed E-state index contributed by atoms with van der Waals surface area (Å²) in [6.45, 7) is -0.570. The number of aliphatic hydroxyl groups is 1. The lowest BCUT2D eigenvalue weighted by Gasteiger charge is -2.09. The van der Waals surface area contributed by atoms with Crippen LogP contribution in [0.3, 0.4) is 0 Å². The molecule has 1 aromatic carbocycles. The van der Waals surface area contributed by atoms with Crippen LogP contribution in [-0.4, -0.2) is 11.7 Å². The Hall–Kier alpha value is -0.780. The second-order valence-electron chi connectivity index (χ2n) is 2.58. The van der Waals surface area contributed by atoms with Crippen LogP contribution in [0.2, 0.25) is 0 Å². The lowest BCUT2D eigenvalue weighted by molar-refractivity contribution is 0.264. The Morgan fingerprint density at radius 2 is 1.86 bits per heavy atom. The maximum Gasteiger partial charge on any atom is 0.163 e. The van der Waals surface area contributed by atoms with Crippen molar-refractivity contribution >= 4 is 12.4 Å². The number of rotatable bonds is 2. The zero-order valence-corrected chi connectivity index (χ0v) is 7.82. The monoisotopic (exact) mass is 227 g/mol. The number of benzene rings is 1. The number of nitrogens with two attached hydrogens (primary N) is 1. The SMILES string of the molecule is Cl.N[C@H](CO)c1cc(F)cc(F)c1F. The molecule has 0 aliphatic heterocycles. The number of aliphatic hydroxyl groups excluding tert-OH is 1. The van der Waals surface area contributed by atoms with Crippen molar-refractivity contribution in [1.82, 2.24) is 0 Å². The van der Waals surface area contributed by atoms with Gasteiger partial charge in [-0.15, -0.1) is 12.4 Å². The summed E-state index contributed by atoms with van der Waals surface area (Å²) < 4.78 is 38.0. The van der Waals surface area contributed by atoms with Crippen LogP contribution in [-0.2, 0) is 0 Å². The minimum absolute atomic E-state index is 0. The lowest BCUT2D eigenvalue weighted by Crippen LogP contribution is -2.17. The van der Waals surface area contributed by atoms with Crippen LogP contribution in [0.15, 0.2) is 12.1 Å². The molecule has 1 aromatic rings. The smallest absolute Gasteiger partial charge is 0.163 e. The molecule has 0 spiro atoms. The quantitative estimate of drug-likeness (QED) is 0.753. The van der Waals surface area contributed by atoms with Gasteiger partial charge < -0.3 is 10.8 Å². The minimum atomic E-state index is -1.31. The first-order chi connectivity index (χ1) is 6.06. The van der Waals surface area contributed by atoms with Gasteiger partial charge in [-0.05, 0) is 6.07 Å². The molecule has 0 saturated heterocycles. The molecule has 3 N–H and O–H groups in total. The van der Waals surface area contributed by atoms with E-state index in [1.165, 1.54) is 0 Å². The minimum Gasteiger partial charge on any atom is -0.394 e. The molecule has 80 valence electrons. The van der Waals surface area contributed by atoms with Crippen molar-refractivity contribution in [3.8, 4) is 0 Å². The van der Waals surface area contributed by atoms with E-state index >= 15 is 0 Å². The van der Waals surface area contributed by atoms with Gasteiger partial charge in [0.25, 0.3) is 0 Å². The van der Waals surface area contributed by atoms with E-state index in [2.05, 4.69) is 0 Å². The summed E-state index contributed by atoms with van der Waals surface area (Å²) in [6, 6.07) is 0.0765. The predicted molar refractivity (Wildman–Crippen MR) is 47.6 cm³/mol. The molecule has 2 nitrogen and oxygen atoms in total. The van der Waals surface area contributed by atoms with Crippen molar-refractivity contribution in [3.05, 3.63) is 35.1 Å². The third-order valence-corrected chi connectivity index (χ3v) is 1.62. The fourth-order valence-electron chi connectivity index (χ4n) is 0.944. The van der Waals surface area contributed by atoms with Crippen molar-refractivity contribution in [2.75, 3.05) is 6.61 Å². The maximum atomic E-state index is 12.9. The highest BCUT2D eigenvalue weighted by Gasteiger charge is 2.15. The highest BCUT2D eigenvalue weighted by Crippen LogP contribution is 2.19. The molecule has 0 unspecified atom stereocenters. The first-order valence-electron chi connectivity index (χ1n) is 3.57. The topological polar surface area (TPSA) is 46.2 Å². The molecule has 1 rings (SSSR count). The number of hydrogen-bond donors (Lipinski definition) is 2. The van der Waals surface area contributed by atoms with E-state index in [1.54, 1.807) is 0 Å². The van der Waals surface area contributed by atoms with E-state index in [-0.39, 0.29) is 18.0 Å².